The van der Waals surface area contributed by atoms with Gasteiger partial charge in [-0.25, -0.2) is 4.79 Å². The smallest absolute Gasteiger partial charge is 0.341 e. The van der Waals surface area contributed by atoms with Gasteiger partial charge in [0.25, 0.3) is 0 Å². The lowest BCUT2D eigenvalue weighted by atomic mass is 10.1. The minimum atomic E-state index is -0.501. The van der Waals surface area contributed by atoms with E-state index in [2.05, 4.69) is 4.74 Å². The lowest BCUT2D eigenvalue weighted by molar-refractivity contribution is 0.0601. The zero-order valence-corrected chi connectivity index (χ0v) is 8.10. The molecule has 0 unspecified atom stereocenters. The quantitative estimate of drug-likeness (QED) is 0.574. The van der Waals surface area contributed by atoms with Crippen LogP contribution in [-0.4, -0.2) is 19.4 Å². The number of nitrogen functional groups attached to an aromatic ring is 1. The van der Waals surface area contributed by atoms with Crippen LogP contribution < -0.4 is 5.73 Å². The lowest BCUT2D eigenvalue weighted by Gasteiger charge is -1.98. The fraction of sp³-hybridized carbons (Fsp3) is 0.250. The maximum absolute atomic E-state index is 11.2. The Morgan fingerprint density at radius 1 is 1.62 bits per heavy atom. The number of aldehydes is 1. The van der Waals surface area contributed by atoms with Gasteiger partial charge in [-0.15, -0.1) is 11.3 Å². The first-order chi connectivity index (χ1) is 6.11. The third-order valence-electron chi connectivity index (χ3n) is 1.71. The van der Waals surface area contributed by atoms with E-state index < -0.39 is 5.97 Å². The van der Waals surface area contributed by atoms with Gasteiger partial charge >= 0.3 is 5.97 Å². The number of nitrogens with two attached hydrogens (primary N) is 1. The maximum Gasteiger partial charge on any atom is 0.341 e. The average molecular weight is 199 g/mol. The molecule has 0 amide bonds. The maximum atomic E-state index is 11.2. The number of thiophene rings is 1. The summed E-state index contributed by atoms with van der Waals surface area (Å²) in [6.45, 7) is 1.67. The number of esters is 1. The number of carbonyl (C=O) groups is 2. The van der Waals surface area contributed by atoms with Crippen molar-refractivity contribution >= 4 is 28.6 Å². The van der Waals surface area contributed by atoms with Crippen LogP contribution in [0.1, 0.15) is 25.6 Å². The number of rotatable bonds is 2. The van der Waals surface area contributed by atoms with E-state index in [1.807, 2.05) is 0 Å². The molecule has 0 aromatic carbocycles. The summed E-state index contributed by atoms with van der Waals surface area (Å²) in [5.41, 5.74) is 6.44. The Morgan fingerprint density at radius 2 is 2.23 bits per heavy atom. The lowest BCUT2D eigenvalue weighted by Crippen LogP contribution is -2.04. The zero-order valence-electron chi connectivity index (χ0n) is 7.29. The Bertz CT molecular complexity index is 357. The van der Waals surface area contributed by atoms with Gasteiger partial charge < -0.3 is 10.5 Å². The molecule has 1 aromatic heterocycles. The summed E-state index contributed by atoms with van der Waals surface area (Å²) >= 11 is 1.09. The van der Waals surface area contributed by atoms with Gasteiger partial charge in [-0.1, -0.05) is 0 Å². The summed E-state index contributed by atoms with van der Waals surface area (Å²) in [5, 5.41) is 0.325. The summed E-state index contributed by atoms with van der Waals surface area (Å²) in [4.78, 5) is 22.1. The molecule has 1 rings (SSSR count). The van der Waals surface area contributed by atoms with Gasteiger partial charge in [-0.05, 0) is 12.5 Å². The number of anilines is 1. The minimum Gasteiger partial charge on any atom is -0.465 e. The molecule has 0 fully saturated rings. The highest BCUT2D eigenvalue weighted by molar-refractivity contribution is 7.18. The molecular weight excluding hydrogens is 190 g/mol. The van der Waals surface area contributed by atoms with E-state index in [1.54, 1.807) is 6.92 Å². The summed E-state index contributed by atoms with van der Waals surface area (Å²) < 4.78 is 4.53. The fourth-order valence-electron chi connectivity index (χ4n) is 1.02. The highest BCUT2D eigenvalue weighted by atomic mass is 32.1. The highest BCUT2D eigenvalue weighted by Gasteiger charge is 2.19. The number of carbonyl (C=O) groups excluding carboxylic acids is 2. The Hall–Kier alpha value is -1.36. The van der Waals surface area contributed by atoms with E-state index in [4.69, 9.17) is 5.73 Å². The van der Waals surface area contributed by atoms with Gasteiger partial charge in [-0.2, -0.15) is 0 Å². The molecule has 2 N–H and O–H groups in total. The van der Waals surface area contributed by atoms with Crippen molar-refractivity contribution in [3.05, 3.63) is 16.0 Å². The topological polar surface area (TPSA) is 69.4 Å². The average Bonchev–Trinajstić information content (AvgIpc) is 2.40. The van der Waals surface area contributed by atoms with Crippen molar-refractivity contribution in [2.75, 3.05) is 12.8 Å². The Kier molecular flexibility index (Phi) is 2.67. The van der Waals surface area contributed by atoms with Crippen LogP contribution >= 0.6 is 11.3 Å². The first-order valence-corrected chi connectivity index (χ1v) is 4.35. The van der Waals surface area contributed by atoms with Crippen molar-refractivity contribution in [2.45, 2.75) is 6.92 Å². The predicted octanol–water partition coefficient (Wildman–Crippen LogP) is 1.24. The molecule has 0 aliphatic rings. The van der Waals surface area contributed by atoms with Crippen molar-refractivity contribution < 1.29 is 14.3 Å². The van der Waals surface area contributed by atoms with Crippen molar-refractivity contribution in [3.8, 4) is 0 Å². The molecule has 1 heterocycles. The molecule has 0 aliphatic carbocycles. The fourth-order valence-corrected chi connectivity index (χ4v) is 1.90. The summed E-state index contributed by atoms with van der Waals surface area (Å²) in [6, 6.07) is 0. The molecule has 0 saturated heterocycles. The number of hydrogen-bond acceptors (Lipinski definition) is 5. The monoisotopic (exact) mass is 199 g/mol. The van der Waals surface area contributed by atoms with E-state index in [0.717, 1.165) is 11.3 Å². The van der Waals surface area contributed by atoms with E-state index in [9.17, 15) is 9.59 Å². The second-order valence-corrected chi connectivity index (χ2v) is 3.52. The molecule has 0 aliphatic heterocycles. The molecule has 5 heteroatoms. The van der Waals surface area contributed by atoms with E-state index in [1.165, 1.54) is 7.11 Å². The summed E-state index contributed by atoms with van der Waals surface area (Å²) in [5.74, 6) is -0.501. The van der Waals surface area contributed by atoms with E-state index >= 15 is 0 Å². The molecule has 0 spiro atoms. The SMILES string of the molecule is COC(=O)c1c(N)sc(C=O)c1C. The van der Waals surface area contributed by atoms with Gasteiger partial charge in [0, 0.05) is 0 Å². The Labute approximate surface area is 79.3 Å². The molecule has 70 valence electrons. The molecule has 4 nitrogen and oxygen atoms in total. The molecule has 0 atom stereocenters. The minimum absolute atomic E-state index is 0.301. The highest BCUT2D eigenvalue weighted by Crippen LogP contribution is 2.29. The van der Waals surface area contributed by atoms with Crippen LogP contribution in [0.25, 0.3) is 0 Å². The molecular formula is C8H9NO3S. The van der Waals surface area contributed by atoms with Crippen LogP contribution in [-0.2, 0) is 4.74 Å². The molecule has 1 aromatic rings. The van der Waals surface area contributed by atoms with E-state index in [-0.39, 0.29) is 0 Å². The van der Waals surface area contributed by atoms with Crippen LogP contribution in [0.15, 0.2) is 0 Å². The van der Waals surface area contributed by atoms with Gasteiger partial charge in [-0.3, -0.25) is 4.79 Å². The third kappa shape index (κ3) is 1.55. The van der Waals surface area contributed by atoms with Crippen LogP contribution in [0, 0.1) is 6.92 Å². The first-order valence-electron chi connectivity index (χ1n) is 3.54. The molecule has 0 radical (unpaired) electrons. The molecule has 0 bridgehead atoms. The molecule has 13 heavy (non-hydrogen) atoms. The zero-order chi connectivity index (χ0) is 10.0. The van der Waals surface area contributed by atoms with Gasteiger partial charge in [0.05, 0.1) is 17.6 Å². The van der Waals surface area contributed by atoms with Gasteiger partial charge in [0.2, 0.25) is 0 Å². The van der Waals surface area contributed by atoms with Crippen LogP contribution in [0.4, 0.5) is 5.00 Å². The third-order valence-corrected chi connectivity index (χ3v) is 2.75. The molecule has 0 saturated carbocycles. The predicted molar refractivity (Wildman–Crippen MR) is 50.2 cm³/mol. The Balaban J connectivity index is 3.28. The Morgan fingerprint density at radius 3 is 2.62 bits per heavy atom. The summed E-state index contributed by atoms with van der Waals surface area (Å²) in [6.07, 6.45) is 0.683. The first kappa shape index (κ1) is 9.73. The number of hydrogen-bond donors (Lipinski definition) is 1. The van der Waals surface area contributed by atoms with Gasteiger partial charge in [0.15, 0.2) is 6.29 Å². The van der Waals surface area contributed by atoms with Crippen molar-refractivity contribution in [3.63, 3.8) is 0 Å². The summed E-state index contributed by atoms with van der Waals surface area (Å²) in [7, 11) is 1.28. The number of ether oxygens (including phenoxy) is 1. The van der Waals surface area contributed by atoms with Crippen molar-refractivity contribution in [2.24, 2.45) is 0 Å². The van der Waals surface area contributed by atoms with E-state index in [0.29, 0.717) is 27.3 Å². The number of methoxy groups -OCH3 is 1. The normalized spacial score (nSPS) is 9.69. The van der Waals surface area contributed by atoms with Crippen LogP contribution in [0.2, 0.25) is 0 Å². The van der Waals surface area contributed by atoms with Crippen LogP contribution in [0.5, 0.6) is 0 Å². The van der Waals surface area contributed by atoms with Crippen molar-refractivity contribution in [1.82, 2.24) is 0 Å². The second-order valence-electron chi connectivity index (χ2n) is 2.44. The second kappa shape index (κ2) is 3.57. The largest absolute Gasteiger partial charge is 0.465 e. The standard InChI is InChI=1S/C8H9NO3S/c1-4-5(3-10)13-7(9)6(4)8(11)12-2/h3H,9H2,1-2H3. The van der Waals surface area contributed by atoms with Crippen LogP contribution in [0.3, 0.4) is 0 Å². The van der Waals surface area contributed by atoms with Gasteiger partial charge in [0.1, 0.15) is 5.00 Å². The van der Waals surface area contributed by atoms with Crippen molar-refractivity contribution in [1.29, 1.82) is 0 Å².